The van der Waals surface area contributed by atoms with E-state index in [9.17, 15) is 0 Å². The Labute approximate surface area is 113 Å². The number of rotatable bonds is 0. The fourth-order valence-electron chi connectivity index (χ4n) is 0. The quantitative estimate of drug-likeness (QED) is 0.405. The van der Waals surface area contributed by atoms with Gasteiger partial charge >= 0.3 is 30.5 Å². The van der Waals surface area contributed by atoms with Crippen molar-refractivity contribution in [3.8, 4) is 0 Å². The van der Waals surface area contributed by atoms with Crippen molar-refractivity contribution in [1.82, 2.24) is 0 Å². The largest absolute Gasteiger partial charge is 0 e. The third-order valence-corrected chi connectivity index (χ3v) is 0. The molecule has 45 valence electrons. The van der Waals surface area contributed by atoms with Crippen LogP contribution >= 0.6 is 0 Å². The van der Waals surface area contributed by atoms with Crippen molar-refractivity contribution in [3.63, 3.8) is 0 Å². The van der Waals surface area contributed by atoms with Crippen molar-refractivity contribution in [3.05, 3.63) is 0 Å². The van der Waals surface area contributed by atoms with Crippen molar-refractivity contribution in [2.45, 2.75) is 0 Å². The van der Waals surface area contributed by atoms with E-state index in [4.69, 9.17) is 16.0 Å². The predicted octanol–water partition coefficient (Wildman–Crippen LogP) is -3.38. The molecular weight excluding hydrogens is 288 g/mol. The normalized spacial score (nSPS) is 7.38. The van der Waals surface area contributed by atoms with Crippen LogP contribution in [0.3, 0.4) is 0 Å². The standard InChI is InChI=1S/AsH3O4.H2O.Rb.Ti/c2-1(3,4)5;;;/h(H3,2,3,4,5);1H2;;. The van der Waals surface area contributed by atoms with E-state index < -0.39 is 14.5 Å². The summed E-state index contributed by atoms with van der Waals surface area (Å²) in [7, 11) is 0. The van der Waals surface area contributed by atoms with Gasteiger partial charge in [0.25, 0.3) is 0 Å². The molecule has 0 aliphatic heterocycles. The maximum atomic E-state index is 8.94. The Bertz CT molecular complexity index is 58.6. The molecule has 0 amide bonds. The van der Waals surface area contributed by atoms with Crippen LogP contribution in [0.15, 0.2) is 0 Å². The summed E-state index contributed by atoms with van der Waals surface area (Å²) in [6.07, 6.45) is 0. The summed E-state index contributed by atoms with van der Waals surface area (Å²) in [5.41, 5.74) is 0. The molecule has 0 saturated heterocycles. The summed E-state index contributed by atoms with van der Waals surface area (Å²) in [6.45, 7) is 0. The molecule has 0 aliphatic carbocycles. The molecule has 0 bridgehead atoms. The maximum Gasteiger partial charge on any atom is 0 e. The molecule has 8 heteroatoms. The van der Waals surface area contributed by atoms with Gasteiger partial charge in [0.05, 0.1) is 0 Å². The first-order valence-corrected chi connectivity index (χ1v) is 4.07. The minimum atomic E-state index is -5.12. The van der Waals surface area contributed by atoms with Crippen LogP contribution in [-0.2, 0) is 25.5 Å². The monoisotopic (exact) mass is 293 g/mol. The van der Waals surface area contributed by atoms with Crippen LogP contribution in [0.5, 0.6) is 0 Å². The molecule has 0 unspecified atom stereocenters. The topological polar surface area (TPSA) is 109 Å². The molecule has 0 aromatic heterocycles. The van der Waals surface area contributed by atoms with Crippen molar-refractivity contribution >= 4 is 72.7 Å². The van der Waals surface area contributed by atoms with Crippen molar-refractivity contribution < 1.29 is 43.2 Å². The van der Waals surface area contributed by atoms with E-state index >= 15 is 0 Å². The van der Waals surface area contributed by atoms with Gasteiger partial charge in [0, 0.05) is 79.9 Å². The first kappa shape index (κ1) is 22.4. The fraction of sp³-hybridized carbons (Fsp3) is 0. The zero-order chi connectivity index (χ0) is 4.50. The van der Waals surface area contributed by atoms with Gasteiger partial charge in [0.1, 0.15) is 0 Å². The van der Waals surface area contributed by atoms with Gasteiger partial charge in [-0.3, -0.25) is 0 Å². The van der Waals surface area contributed by atoms with Crippen LogP contribution in [0.4, 0.5) is 0 Å². The van der Waals surface area contributed by atoms with E-state index in [1.807, 2.05) is 0 Å². The molecule has 0 aliphatic rings. The van der Waals surface area contributed by atoms with Crippen LogP contribution in [0.2, 0.25) is 0 Å². The Morgan fingerprint density at radius 3 is 1.12 bits per heavy atom. The summed E-state index contributed by atoms with van der Waals surface area (Å²) in [5.74, 6) is 0. The molecule has 1 radical (unpaired) electrons. The van der Waals surface area contributed by atoms with Crippen LogP contribution in [-0.4, -0.2) is 90.5 Å². The summed E-state index contributed by atoms with van der Waals surface area (Å²) in [4.78, 5) is 0. The minimum absolute atomic E-state index is 0. The Balaban J connectivity index is -0.0000000267. The van der Waals surface area contributed by atoms with Crippen LogP contribution < -0.4 is 0 Å². The Kier molecular flexibility index (Phi) is 27.2. The van der Waals surface area contributed by atoms with Gasteiger partial charge in [0.2, 0.25) is 0 Å². The minimum Gasteiger partial charge on any atom is 0 e. The van der Waals surface area contributed by atoms with Crippen LogP contribution in [0, 0.1) is 0 Å². The molecule has 0 heterocycles. The van der Waals surface area contributed by atoms with Crippen LogP contribution in [0.1, 0.15) is 0 Å². The molecule has 0 aromatic rings. The molecule has 0 atom stereocenters. The van der Waals surface area contributed by atoms with Gasteiger partial charge in [-0.15, -0.1) is 0 Å². The molecule has 0 spiro atoms. The molecule has 8 heavy (non-hydrogen) atoms. The molecule has 0 saturated carbocycles. The second-order valence-corrected chi connectivity index (χ2v) is 2.67. The van der Waals surface area contributed by atoms with Crippen molar-refractivity contribution in [2.75, 3.05) is 0 Å². The third kappa shape index (κ3) is 70.3. The first-order valence-electron chi connectivity index (χ1n) is 0.783. The SMILES string of the molecule is O.O=[As](O)(O)O.[Rb].[Ti]. The summed E-state index contributed by atoms with van der Waals surface area (Å²) >= 11 is -5.12. The first-order chi connectivity index (χ1) is 2.00. The predicted molar refractivity (Wildman–Crippen MR) is 22.5 cm³/mol. The van der Waals surface area contributed by atoms with Crippen LogP contribution in [0.25, 0.3) is 0 Å². The number of hydrogen-bond donors (Lipinski definition) is 3. The van der Waals surface area contributed by atoms with Gasteiger partial charge in [-0.05, 0) is 0 Å². The summed E-state index contributed by atoms with van der Waals surface area (Å²) in [6, 6.07) is 0. The number of hydrogen-bond acceptors (Lipinski definition) is 1. The van der Waals surface area contributed by atoms with E-state index in [2.05, 4.69) is 0 Å². The maximum absolute atomic E-state index is 8.94. The zero-order valence-electron chi connectivity index (χ0n) is 4.20. The zero-order valence-corrected chi connectivity index (χ0v) is 12.6. The van der Waals surface area contributed by atoms with E-state index in [1.54, 1.807) is 0 Å². The molecule has 0 fully saturated rings. The molecule has 5 N–H and O–H groups in total. The van der Waals surface area contributed by atoms with Gasteiger partial charge in [-0.1, -0.05) is 0 Å². The average molecular weight is 293 g/mol. The second kappa shape index (κ2) is 9.72. The van der Waals surface area contributed by atoms with E-state index in [1.165, 1.54) is 0 Å². The van der Waals surface area contributed by atoms with Gasteiger partial charge in [-0.2, -0.15) is 0 Å². The van der Waals surface area contributed by atoms with E-state index in [0.717, 1.165) is 0 Å². The van der Waals surface area contributed by atoms with Gasteiger partial charge in [-0.25, -0.2) is 0 Å². The van der Waals surface area contributed by atoms with Crippen molar-refractivity contribution in [1.29, 1.82) is 0 Å². The Morgan fingerprint density at radius 1 is 1.12 bits per heavy atom. The Morgan fingerprint density at radius 2 is 1.12 bits per heavy atom. The second-order valence-electron chi connectivity index (χ2n) is 0.513. The fourth-order valence-corrected chi connectivity index (χ4v) is 0. The summed E-state index contributed by atoms with van der Waals surface area (Å²) in [5, 5.41) is 0. The Hall–Kier alpha value is 2.72. The van der Waals surface area contributed by atoms with Gasteiger partial charge < -0.3 is 5.48 Å². The smallest absolute Gasteiger partial charge is 0 e. The molecular formula is H5AsO5RbTi. The molecule has 5 nitrogen and oxygen atoms in total. The average Bonchev–Trinajstić information content (AvgIpc) is 0.722. The van der Waals surface area contributed by atoms with E-state index in [-0.39, 0.29) is 85.4 Å². The van der Waals surface area contributed by atoms with E-state index in [0.29, 0.717) is 0 Å². The van der Waals surface area contributed by atoms with Crippen molar-refractivity contribution in [2.24, 2.45) is 0 Å². The molecule has 0 rings (SSSR count). The van der Waals surface area contributed by atoms with Gasteiger partial charge in [0.15, 0.2) is 0 Å². The third-order valence-electron chi connectivity index (χ3n) is 0. The summed E-state index contributed by atoms with van der Waals surface area (Å²) < 4.78 is 30.7. The molecule has 0 aromatic carbocycles.